The van der Waals surface area contributed by atoms with Gasteiger partial charge in [-0.2, -0.15) is 0 Å². The van der Waals surface area contributed by atoms with Gasteiger partial charge in [-0.3, -0.25) is 4.79 Å². The summed E-state index contributed by atoms with van der Waals surface area (Å²) >= 11 is 3.63. The molecule has 6 heteroatoms. The lowest BCUT2D eigenvalue weighted by molar-refractivity contribution is -0.118. The Balaban J connectivity index is 1.98. The Kier molecular flexibility index (Phi) is 3.43. The molecule has 0 saturated carbocycles. The summed E-state index contributed by atoms with van der Waals surface area (Å²) in [6, 6.07) is 1.90. The molecule has 0 radical (unpaired) electrons. The third-order valence-electron chi connectivity index (χ3n) is 5.21. The van der Waals surface area contributed by atoms with E-state index in [1.165, 1.54) is 0 Å². The van der Waals surface area contributed by atoms with Gasteiger partial charge in [0.05, 0.1) is 18.6 Å². The number of amides is 1. The summed E-state index contributed by atoms with van der Waals surface area (Å²) in [5.74, 6) is 1.44. The minimum absolute atomic E-state index is 0.133. The average Bonchev–Trinajstić information content (AvgIpc) is 2.77. The molecule has 0 aromatic heterocycles. The normalized spacial score (nSPS) is 31.0. The van der Waals surface area contributed by atoms with Crippen molar-refractivity contribution in [1.82, 2.24) is 4.90 Å². The number of rotatable bonds is 2. The second kappa shape index (κ2) is 5.24. The molecule has 4 rings (SSSR count). The molecule has 2 aliphatic heterocycles. The number of hydrogen-bond donors (Lipinski definition) is 1. The lowest BCUT2D eigenvalue weighted by Crippen LogP contribution is -2.42. The van der Waals surface area contributed by atoms with Crippen molar-refractivity contribution >= 4 is 22.3 Å². The predicted molar refractivity (Wildman–Crippen MR) is 87.6 cm³/mol. The lowest BCUT2D eigenvalue weighted by Gasteiger charge is -2.35. The van der Waals surface area contributed by atoms with Gasteiger partial charge >= 0.3 is 0 Å². The van der Waals surface area contributed by atoms with Crippen LogP contribution in [0.4, 0.5) is 0 Å². The summed E-state index contributed by atoms with van der Waals surface area (Å²) in [4.78, 5) is 13.2. The zero-order valence-electron chi connectivity index (χ0n) is 12.8. The Morgan fingerprint density at radius 2 is 2.39 bits per heavy atom. The van der Waals surface area contributed by atoms with Crippen molar-refractivity contribution in [3.8, 4) is 11.5 Å². The van der Waals surface area contributed by atoms with Gasteiger partial charge in [0.25, 0.3) is 0 Å². The van der Waals surface area contributed by atoms with E-state index >= 15 is 0 Å². The molecule has 3 aliphatic rings. The van der Waals surface area contributed by atoms with Crippen LogP contribution in [0.25, 0.3) is 0 Å². The summed E-state index contributed by atoms with van der Waals surface area (Å²) in [5, 5.41) is 10.0. The van der Waals surface area contributed by atoms with Crippen LogP contribution in [-0.4, -0.2) is 42.3 Å². The van der Waals surface area contributed by atoms with E-state index in [-0.39, 0.29) is 11.5 Å². The molecule has 0 saturated heterocycles. The number of carbonyl (C=O) groups is 1. The Hall–Kier alpha value is -1.53. The van der Waals surface area contributed by atoms with E-state index in [4.69, 9.17) is 9.47 Å². The number of methoxy groups -OCH3 is 1. The predicted octanol–water partition coefficient (Wildman–Crippen LogP) is 2.14. The van der Waals surface area contributed by atoms with Crippen molar-refractivity contribution in [3.05, 3.63) is 33.8 Å². The highest BCUT2D eigenvalue weighted by atomic mass is 79.9. The maximum absolute atomic E-state index is 11.4. The van der Waals surface area contributed by atoms with Crippen molar-refractivity contribution in [2.45, 2.75) is 37.0 Å². The molecular weight excluding hydrogens is 362 g/mol. The van der Waals surface area contributed by atoms with Crippen molar-refractivity contribution in [1.29, 1.82) is 0 Å². The third kappa shape index (κ3) is 2.04. The minimum atomic E-state index is -0.497. The molecule has 0 unspecified atom stereocenters. The first-order chi connectivity index (χ1) is 11.1. The SMILES string of the molecule is COc1cc(Br)c2c3c1O[C@H]1C[C@@H](O)C=C[C@@]31CCN(C=O)C2. The van der Waals surface area contributed by atoms with Crippen molar-refractivity contribution < 1.29 is 19.4 Å². The molecule has 3 atom stereocenters. The summed E-state index contributed by atoms with van der Waals surface area (Å²) in [6.07, 6.45) is 5.52. The van der Waals surface area contributed by atoms with E-state index in [0.717, 1.165) is 34.2 Å². The van der Waals surface area contributed by atoms with Crippen LogP contribution in [0.3, 0.4) is 0 Å². The van der Waals surface area contributed by atoms with Gasteiger partial charge in [-0.1, -0.05) is 28.1 Å². The van der Waals surface area contributed by atoms with Gasteiger partial charge in [-0.05, 0) is 18.1 Å². The first kappa shape index (κ1) is 15.0. The minimum Gasteiger partial charge on any atom is -0.493 e. The van der Waals surface area contributed by atoms with E-state index in [1.807, 2.05) is 12.1 Å². The summed E-state index contributed by atoms with van der Waals surface area (Å²) in [5.41, 5.74) is 1.86. The van der Waals surface area contributed by atoms with Gasteiger partial charge in [0.1, 0.15) is 6.10 Å². The van der Waals surface area contributed by atoms with E-state index < -0.39 is 6.10 Å². The molecule has 1 spiro atoms. The molecule has 0 bridgehead atoms. The van der Waals surface area contributed by atoms with Gasteiger partial charge in [0.2, 0.25) is 6.41 Å². The second-order valence-electron chi connectivity index (χ2n) is 6.38. The largest absolute Gasteiger partial charge is 0.493 e. The van der Waals surface area contributed by atoms with Gasteiger partial charge in [0, 0.05) is 29.5 Å². The number of benzene rings is 1. The molecular formula is C17H18BrNO4. The lowest BCUT2D eigenvalue weighted by atomic mass is 9.69. The number of nitrogens with zero attached hydrogens (tertiary/aromatic N) is 1. The van der Waals surface area contributed by atoms with Crippen molar-refractivity contribution in [2.24, 2.45) is 0 Å². The van der Waals surface area contributed by atoms with Crippen LogP contribution in [0.5, 0.6) is 11.5 Å². The fraction of sp³-hybridized carbons (Fsp3) is 0.471. The first-order valence-electron chi connectivity index (χ1n) is 7.72. The Bertz CT molecular complexity index is 704. The molecule has 122 valence electrons. The van der Waals surface area contributed by atoms with E-state index in [0.29, 0.717) is 25.3 Å². The Morgan fingerprint density at radius 1 is 1.57 bits per heavy atom. The molecule has 5 nitrogen and oxygen atoms in total. The Labute approximate surface area is 143 Å². The molecule has 1 aromatic carbocycles. The molecule has 1 aromatic rings. The molecule has 0 fully saturated rings. The molecule has 1 amide bonds. The highest BCUT2D eigenvalue weighted by Crippen LogP contribution is 2.57. The monoisotopic (exact) mass is 379 g/mol. The van der Waals surface area contributed by atoms with Crippen molar-refractivity contribution in [2.75, 3.05) is 13.7 Å². The quantitative estimate of drug-likeness (QED) is 0.631. The number of hydrogen-bond acceptors (Lipinski definition) is 4. The number of carbonyl (C=O) groups excluding carboxylic acids is 1. The topological polar surface area (TPSA) is 59.0 Å². The van der Waals surface area contributed by atoms with Gasteiger partial charge < -0.3 is 19.5 Å². The van der Waals surface area contributed by atoms with Crippen LogP contribution < -0.4 is 9.47 Å². The van der Waals surface area contributed by atoms with Crippen LogP contribution in [0.2, 0.25) is 0 Å². The average molecular weight is 380 g/mol. The maximum atomic E-state index is 11.4. The second-order valence-corrected chi connectivity index (χ2v) is 7.23. The first-order valence-corrected chi connectivity index (χ1v) is 8.51. The fourth-order valence-corrected chi connectivity index (χ4v) is 4.60. The highest BCUT2D eigenvalue weighted by Gasteiger charge is 2.53. The van der Waals surface area contributed by atoms with Gasteiger partial charge in [-0.15, -0.1) is 0 Å². The number of halogens is 1. The zero-order valence-corrected chi connectivity index (χ0v) is 14.4. The van der Waals surface area contributed by atoms with Crippen LogP contribution in [0, 0.1) is 0 Å². The van der Waals surface area contributed by atoms with Crippen LogP contribution in [-0.2, 0) is 16.8 Å². The molecule has 1 N–H and O–H groups in total. The number of ether oxygens (including phenoxy) is 2. The van der Waals surface area contributed by atoms with E-state index in [1.54, 1.807) is 12.0 Å². The van der Waals surface area contributed by atoms with Crippen LogP contribution in [0.15, 0.2) is 22.7 Å². The number of aliphatic hydroxyl groups is 1. The van der Waals surface area contributed by atoms with Gasteiger partial charge in [0.15, 0.2) is 11.5 Å². The maximum Gasteiger partial charge on any atom is 0.210 e. The standard InChI is InChI=1S/C17H18BrNO4/c1-22-13-7-12(18)11-8-19(9-20)5-4-17-3-2-10(21)6-14(17)23-16(13)15(11)17/h2-3,7,9-10,14,21H,4-6,8H2,1H3/t10-,14-,17-/m0/s1. The Morgan fingerprint density at radius 3 is 3.13 bits per heavy atom. The smallest absolute Gasteiger partial charge is 0.210 e. The molecule has 2 heterocycles. The molecule has 1 aliphatic carbocycles. The third-order valence-corrected chi connectivity index (χ3v) is 5.92. The summed E-state index contributed by atoms with van der Waals surface area (Å²) < 4.78 is 12.7. The van der Waals surface area contributed by atoms with Crippen LogP contribution >= 0.6 is 15.9 Å². The fourth-order valence-electron chi connectivity index (χ4n) is 4.07. The van der Waals surface area contributed by atoms with Gasteiger partial charge in [-0.25, -0.2) is 0 Å². The van der Waals surface area contributed by atoms with Crippen molar-refractivity contribution in [3.63, 3.8) is 0 Å². The van der Waals surface area contributed by atoms with E-state index in [9.17, 15) is 9.90 Å². The summed E-state index contributed by atoms with van der Waals surface area (Å²) in [6.45, 7) is 1.21. The summed E-state index contributed by atoms with van der Waals surface area (Å²) in [7, 11) is 1.63. The van der Waals surface area contributed by atoms with Crippen LogP contribution in [0.1, 0.15) is 24.0 Å². The number of aliphatic hydroxyl groups excluding tert-OH is 1. The molecule has 23 heavy (non-hydrogen) atoms. The highest BCUT2D eigenvalue weighted by molar-refractivity contribution is 9.10. The van der Waals surface area contributed by atoms with E-state index in [2.05, 4.69) is 22.0 Å². The zero-order chi connectivity index (χ0) is 16.2.